The van der Waals surface area contributed by atoms with Gasteiger partial charge in [0, 0.05) is 42.5 Å². The van der Waals surface area contributed by atoms with Crippen LogP contribution in [0.3, 0.4) is 0 Å². The van der Waals surface area contributed by atoms with Gasteiger partial charge in [-0.2, -0.15) is 0 Å². The lowest BCUT2D eigenvalue weighted by Crippen LogP contribution is -2.38. The van der Waals surface area contributed by atoms with E-state index in [1.165, 1.54) is 12.7 Å². The van der Waals surface area contributed by atoms with E-state index in [0.717, 1.165) is 49.4 Å². The number of carbonyl (C=O) groups is 4. The molecule has 3 atom stereocenters. The highest BCUT2D eigenvalue weighted by atomic mass is 16.6. The van der Waals surface area contributed by atoms with Crippen molar-refractivity contribution >= 4 is 41.0 Å². The van der Waals surface area contributed by atoms with E-state index in [1.807, 2.05) is 48.5 Å². The lowest BCUT2D eigenvalue weighted by Gasteiger charge is -2.21. The molecule has 360 valence electrons. The minimum absolute atomic E-state index is 0.0942. The van der Waals surface area contributed by atoms with Crippen LogP contribution in [0, 0.1) is 0 Å². The van der Waals surface area contributed by atoms with Crippen LogP contribution in [0.25, 0.3) is 33.4 Å². The molecule has 4 N–H and O–H groups in total. The molecular formula is C56H47N7O9. The first-order valence-electron chi connectivity index (χ1n) is 23.6. The van der Waals surface area contributed by atoms with Crippen LogP contribution in [0.1, 0.15) is 78.6 Å². The summed E-state index contributed by atoms with van der Waals surface area (Å²) in [4.78, 5) is 69.6. The zero-order chi connectivity index (χ0) is 49.3. The Balaban J connectivity index is 0.780. The molecule has 2 aliphatic carbocycles. The maximum atomic E-state index is 14.7. The van der Waals surface area contributed by atoms with E-state index in [4.69, 9.17) is 14.2 Å². The number of ether oxygens (including phenoxy) is 3. The van der Waals surface area contributed by atoms with Gasteiger partial charge in [-0.15, -0.1) is 0 Å². The van der Waals surface area contributed by atoms with Gasteiger partial charge in [0.05, 0.1) is 19.0 Å². The summed E-state index contributed by atoms with van der Waals surface area (Å²) in [5.74, 6) is -1.74. The van der Waals surface area contributed by atoms with Crippen molar-refractivity contribution in [1.82, 2.24) is 30.2 Å². The predicted octanol–water partition coefficient (Wildman–Crippen LogP) is 8.03. The van der Waals surface area contributed by atoms with Crippen LogP contribution in [0.4, 0.5) is 15.4 Å². The monoisotopic (exact) mass is 961 g/mol. The van der Waals surface area contributed by atoms with Gasteiger partial charge >= 0.3 is 12.2 Å². The van der Waals surface area contributed by atoms with Crippen LogP contribution in [0.5, 0.6) is 0 Å². The molecule has 0 spiro atoms. The number of fused-ring (bicyclic) bond motifs is 7. The third kappa shape index (κ3) is 8.72. The maximum absolute atomic E-state index is 14.7. The number of aliphatic hydroxyl groups is 2. The summed E-state index contributed by atoms with van der Waals surface area (Å²) in [6.07, 6.45) is -0.918. The number of benzene rings is 6. The number of amides is 4. The van der Waals surface area contributed by atoms with Crippen molar-refractivity contribution in [2.24, 2.45) is 0 Å². The van der Waals surface area contributed by atoms with Gasteiger partial charge < -0.3 is 35.1 Å². The molecule has 3 heterocycles. The molecule has 11 rings (SSSR count). The van der Waals surface area contributed by atoms with Gasteiger partial charge in [-0.25, -0.2) is 29.4 Å². The lowest BCUT2D eigenvalue weighted by molar-refractivity contribution is -0.0432. The first-order chi connectivity index (χ1) is 35.2. The van der Waals surface area contributed by atoms with Crippen LogP contribution in [0.2, 0.25) is 0 Å². The van der Waals surface area contributed by atoms with E-state index < -0.39 is 49.0 Å². The van der Waals surface area contributed by atoms with Crippen LogP contribution in [-0.4, -0.2) is 85.8 Å². The molecule has 3 aliphatic rings. The largest absolute Gasteiger partial charge is 0.449 e. The summed E-state index contributed by atoms with van der Waals surface area (Å²) in [5, 5.41) is 25.8. The Kier molecular flexibility index (Phi) is 12.5. The van der Waals surface area contributed by atoms with Gasteiger partial charge in [0.1, 0.15) is 31.9 Å². The van der Waals surface area contributed by atoms with E-state index in [0.29, 0.717) is 11.1 Å². The normalized spacial score (nSPS) is 16.6. The van der Waals surface area contributed by atoms with E-state index in [-0.39, 0.29) is 72.7 Å². The highest BCUT2D eigenvalue weighted by Gasteiger charge is 2.37. The van der Waals surface area contributed by atoms with E-state index in [1.54, 1.807) is 53.1 Å². The zero-order valence-corrected chi connectivity index (χ0v) is 38.6. The highest BCUT2D eigenvalue weighted by Crippen LogP contribution is 2.46. The van der Waals surface area contributed by atoms with Gasteiger partial charge in [-0.3, -0.25) is 14.2 Å². The quantitative estimate of drug-likeness (QED) is 0.0811. The van der Waals surface area contributed by atoms with Crippen molar-refractivity contribution in [3.63, 3.8) is 0 Å². The van der Waals surface area contributed by atoms with E-state index in [2.05, 4.69) is 74.1 Å². The van der Waals surface area contributed by atoms with E-state index >= 15 is 0 Å². The summed E-state index contributed by atoms with van der Waals surface area (Å²) >= 11 is 0. The Morgan fingerprint density at radius 2 is 1.06 bits per heavy atom. The van der Waals surface area contributed by atoms with Gasteiger partial charge in [-0.05, 0) is 79.9 Å². The van der Waals surface area contributed by atoms with Gasteiger partial charge in [0.15, 0.2) is 17.0 Å². The molecule has 72 heavy (non-hydrogen) atoms. The SMILES string of the molecule is O=C(NCc1ccc(C(=O)N(C(=O)c2ccc(CNC(=O)OCC3c4ccccc4-c4ccccc43)cc2)c2ncnc3c2ncn3[C@H]2CC(O)[C@@H](CO)O2)cc1)OCC1c2ccccc2-c2ccccc21. The molecule has 4 amide bonds. The molecule has 2 aromatic heterocycles. The zero-order valence-electron chi connectivity index (χ0n) is 38.6. The molecule has 0 saturated carbocycles. The molecule has 1 fully saturated rings. The number of carbonyl (C=O) groups excluding carboxylic acids is 4. The number of aliphatic hydroxyl groups excluding tert-OH is 2. The molecule has 1 unspecified atom stereocenters. The average molecular weight is 962 g/mol. The number of alkyl carbamates (subject to hydrolysis) is 2. The molecule has 8 aromatic rings. The van der Waals surface area contributed by atoms with Crippen LogP contribution < -0.4 is 15.5 Å². The molecule has 1 aliphatic heterocycles. The summed E-state index contributed by atoms with van der Waals surface area (Å²) in [7, 11) is 0. The number of anilines is 1. The molecule has 16 nitrogen and oxygen atoms in total. The molecular weight excluding hydrogens is 915 g/mol. The third-order valence-electron chi connectivity index (χ3n) is 13.6. The predicted molar refractivity (Wildman–Crippen MR) is 265 cm³/mol. The number of aromatic nitrogens is 4. The standard InChI is InChI=1S/C56H47N7O9/c64-28-48-47(65)25-49(72-48)62-32-61-50-51(62)59-31-60-52(50)63(53(66)35-21-17-33(18-22-35)26-57-55(68)70-29-45-41-13-5-1-9-37(41)38-10-2-6-14-42(38)45)54(67)36-23-19-34(20-24-36)27-58-56(69)71-30-46-43-15-7-3-11-39(43)40-12-4-8-16-44(40)46/h1-24,31-32,45-49,64-65H,25-30H2,(H,57,68)(H,58,69)/t47?,48-,49-/m1/s1. The average Bonchev–Trinajstić information content (AvgIpc) is 4.19. The Morgan fingerprint density at radius 3 is 1.49 bits per heavy atom. The van der Waals surface area contributed by atoms with Crippen molar-refractivity contribution < 1.29 is 43.6 Å². The second-order valence-electron chi connectivity index (χ2n) is 17.8. The fourth-order valence-electron chi connectivity index (χ4n) is 9.98. The molecule has 16 heteroatoms. The van der Waals surface area contributed by atoms with Crippen molar-refractivity contribution in [3.05, 3.63) is 203 Å². The Labute approximate surface area is 412 Å². The minimum Gasteiger partial charge on any atom is -0.449 e. The van der Waals surface area contributed by atoms with Crippen LogP contribution in [-0.2, 0) is 27.3 Å². The highest BCUT2D eigenvalue weighted by molar-refractivity contribution is 6.27. The van der Waals surface area contributed by atoms with Crippen molar-refractivity contribution in [3.8, 4) is 22.3 Å². The number of rotatable bonds is 13. The number of nitrogens with zero attached hydrogens (tertiary/aromatic N) is 5. The second kappa shape index (κ2) is 19.7. The smallest absolute Gasteiger partial charge is 0.407 e. The first kappa shape index (κ1) is 45.8. The number of hydrogen-bond donors (Lipinski definition) is 4. The van der Waals surface area contributed by atoms with Crippen molar-refractivity contribution in [1.29, 1.82) is 0 Å². The Morgan fingerprint density at radius 1 is 0.611 bits per heavy atom. The van der Waals surface area contributed by atoms with Crippen molar-refractivity contribution in [2.75, 3.05) is 24.7 Å². The molecule has 0 bridgehead atoms. The number of imidazole rings is 1. The molecule has 1 saturated heterocycles. The third-order valence-corrected chi connectivity index (χ3v) is 13.6. The molecule has 0 radical (unpaired) electrons. The fraction of sp³-hybridized carbons (Fsp3) is 0.196. The fourth-order valence-corrected chi connectivity index (χ4v) is 9.98. The number of hydrogen-bond acceptors (Lipinski definition) is 12. The van der Waals surface area contributed by atoms with Crippen LogP contribution in [0.15, 0.2) is 158 Å². The topological polar surface area (TPSA) is 207 Å². The summed E-state index contributed by atoms with van der Waals surface area (Å²) < 4.78 is 18.9. The van der Waals surface area contributed by atoms with Gasteiger partial charge in [0.25, 0.3) is 11.8 Å². The second-order valence-corrected chi connectivity index (χ2v) is 17.8. The number of nitrogens with one attached hydrogen (secondary N) is 2. The Bertz CT molecular complexity index is 3100. The summed E-state index contributed by atoms with van der Waals surface area (Å²) in [6.45, 7) is 0.136. The van der Waals surface area contributed by atoms with Crippen LogP contribution >= 0.6 is 0 Å². The Hall–Kier alpha value is -8.57. The molecule has 6 aromatic carbocycles. The minimum atomic E-state index is -0.937. The van der Waals surface area contributed by atoms with E-state index in [9.17, 15) is 29.4 Å². The lowest BCUT2D eigenvalue weighted by atomic mass is 9.98. The maximum Gasteiger partial charge on any atom is 0.407 e. The van der Waals surface area contributed by atoms with Gasteiger partial charge in [-0.1, -0.05) is 121 Å². The number of imide groups is 1. The first-order valence-corrected chi connectivity index (χ1v) is 23.6. The summed E-state index contributed by atoms with van der Waals surface area (Å²) in [6, 6.07) is 45.3. The summed E-state index contributed by atoms with van der Waals surface area (Å²) in [5.41, 5.74) is 10.9. The van der Waals surface area contributed by atoms with Gasteiger partial charge in [0.2, 0.25) is 0 Å². The van der Waals surface area contributed by atoms with Crippen molar-refractivity contribution in [2.45, 2.75) is 49.8 Å².